The Morgan fingerprint density at radius 1 is 1.73 bits per heavy atom. The van der Waals surface area contributed by atoms with Gasteiger partial charge >= 0.3 is 0 Å². The van der Waals surface area contributed by atoms with Crippen LogP contribution in [0.3, 0.4) is 0 Å². The number of hydrazone groups is 1. The van der Waals surface area contributed by atoms with Crippen LogP contribution in [0.4, 0.5) is 0 Å². The molecule has 0 spiro atoms. The second-order valence-electron chi connectivity index (χ2n) is 1.86. The Hall–Kier alpha value is -1.16. The molecule has 0 fully saturated rings. The largest absolute Gasteiger partial charge is 0.377 e. The van der Waals surface area contributed by atoms with Gasteiger partial charge in [0, 0.05) is 6.42 Å². The highest BCUT2D eigenvalue weighted by Gasteiger charge is 1.95. The number of nitrogens with two attached hydrogens (primary N) is 1. The second kappa shape index (κ2) is 6.95. The van der Waals surface area contributed by atoms with Crippen LogP contribution in [0.5, 0.6) is 0 Å². The summed E-state index contributed by atoms with van der Waals surface area (Å²) in [5, 5.41) is 3.08. The zero-order valence-electron chi connectivity index (χ0n) is 6.32. The van der Waals surface area contributed by atoms with Crippen molar-refractivity contribution in [2.75, 3.05) is 13.2 Å². The molecule has 0 radical (unpaired) electrons. The number of carbonyl (C=O) groups excluding carboxylic acids is 1. The summed E-state index contributed by atoms with van der Waals surface area (Å²) in [6.07, 6.45) is 3.02. The van der Waals surface area contributed by atoms with Gasteiger partial charge in [-0.2, -0.15) is 5.10 Å². The van der Waals surface area contributed by atoms with Gasteiger partial charge in [-0.05, 0) is 0 Å². The molecule has 0 aromatic rings. The van der Waals surface area contributed by atoms with Crippen molar-refractivity contribution in [3.05, 3.63) is 12.7 Å². The topological polar surface area (TPSA) is 64.7 Å². The average molecular weight is 156 g/mol. The Morgan fingerprint density at radius 2 is 2.45 bits per heavy atom. The summed E-state index contributed by atoms with van der Waals surface area (Å²) >= 11 is 0. The van der Waals surface area contributed by atoms with E-state index < -0.39 is 0 Å². The first-order chi connectivity index (χ1) is 5.31. The molecular formula is C7H12N2O2. The highest BCUT2D eigenvalue weighted by Crippen LogP contribution is 1.83. The molecule has 0 amide bonds. The third-order valence-corrected chi connectivity index (χ3v) is 0.947. The number of ketones is 1. The zero-order chi connectivity index (χ0) is 8.53. The molecule has 0 atom stereocenters. The summed E-state index contributed by atoms with van der Waals surface area (Å²) in [6, 6.07) is 0. The number of hydrogen-bond donors (Lipinski definition) is 1. The number of ether oxygens (including phenoxy) is 1. The molecule has 4 heteroatoms. The van der Waals surface area contributed by atoms with Crippen LogP contribution in [0.2, 0.25) is 0 Å². The molecule has 0 aliphatic heterocycles. The predicted molar refractivity (Wildman–Crippen MR) is 43.3 cm³/mol. The Balaban J connectivity index is 3.24. The SMILES string of the molecule is C=CCOCCC(=O)C=NN. The van der Waals surface area contributed by atoms with E-state index >= 15 is 0 Å². The smallest absolute Gasteiger partial charge is 0.177 e. The van der Waals surface area contributed by atoms with E-state index in [9.17, 15) is 4.79 Å². The standard InChI is InChI=1S/C7H12N2O2/c1-2-4-11-5-3-7(10)6-9-8/h2,6H,1,3-5,8H2. The fraction of sp³-hybridized carbons (Fsp3) is 0.429. The third kappa shape index (κ3) is 6.73. The fourth-order valence-electron chi connectivity index (χ4n) is 0.487. The van der Waals surface area contributed by atoms with Crippen LogP contribution >= 0.6 is 0 Å². The number of nitrogens with zero attached hydrogens (tertiary/aromatic N) is 1. The number of carbonyl (C=O) groups is 1. The number of rotatable bonds is 6. The molecule has 0 rings (SSSR count). The van der Waals surface area contributed by atoms with E-state index in [-0.39, 0.29) is 5.78 Å². The van der Waals surface area contributed by atoms with Crippen molar-refractivity contribution < 1.29 is 9.53 Å². The minimum absolute atomic E-state index is 0.128. The average Bonchev–Trinajstić information content (AvgIpc) is 1.99. The maximum atomic E-state index is 10.7. The molecular weight excluding hydrogens is 144 g/mol. The van der Waals surface area contributed by atoms with Crippen LogP contribution in [0.15, 0.2) is 17.8 Å². The summed E-state index contributed by atoms with van der Waals surface area (Å²) in [6.45, 7) is 4.31. The molecule has 0 unspecified atom stereocenters. The molecule has 0 aliphatic rings. The third-order valence-electron chi connectivity index (χ3n) is 0.947. The number of hydrogen-bond acceptors (Lipinski definition) is 4. The van der Waals surface area contributed by atoms with E-state index in [1.165, 1.54) is 0 Å². The van der Waals surface area contributed by atoms with Crippen molar-refractivity contribution >= 4 is 12.0 Å². The normalized spacial score (nSPS) is 10.2. The van der Waals surface area contributed by atoms with Gasteiger partial charge in [-0.25, -0.2) is 0 Å². The summed E-state index contributed by atoms with van der Waals surface area (Å²) < 4.78 is 4.96. The lowest BCUT2D eigenvalue weighted by molar-refractivity contribution is -0.113. The maximum absolute atomic E-state index is 10.7. The monoisotopic (exact) mass is 156 g/mol. The van der Waals surface area contributed by atoms with Gasteiger partial charge in [-0.1, -0.05) is 6.08 Å². The van der Waals surface area contributed by atoms with Crippen molar-refractivity contribution in [1.29, 1.82) is 0 Å². The second-order valence-corrected chi connectivity index (χ2v) is 1.86. The van der Waals surface area contributed by atoms with E-state index in [2.05, 4.69) is 11.7 Å². The van der Waals surface area contributed by atoms with Crippen LogP contribution in [0, 0.1) is 0 Å². The lowest BCUT2D eigenvalue weighted by Gasteiger charge is -1.96. The van der Waals surface area contributed by atoms with Crippen LogP contribution in [0.25, 0.3) is 0 Å². The van der Waals surface area contributed by atoms with Crippen molar-refractivity contribution in [3.63, 3.8) is 0 Å². The van der Waals surface area contributed by atoms with Crippen LogP contribution in [0.1, 0.15) is 6.42 Å². The molecule has 11 heavy (non-hydrogen) atoms. The molecule has 0 aromatic carbocycles. The Labute approximate surface area is 65.7 Å². The lowest BCUT2D eigenvalue weighted by Crippen LogP contribution is -2.06. The molecule has 0 bridgehead atoms. The van der Waals surface area contributed by atoms with Gasteiger partial charge in [0.1, 0.15) is 0 Å². The van der Waals surface area contributed by atoms with Gasteiger partial charge in [0.05, 0.1) is 19.4 Å². The maximum Gasteiger partial charge on any atom is 0.177 e. The quantitative estimate of drug-likeness (QED) is 0.195. The summed E-state index contributed by atoms with van der Waals surface area (Å²) in [7, 11) is 0. The Morgan fingerprint density at radius 3 is 3.00 bits per heavy atom. The zero-order valence-corrected chi connectivity index (χ0v) is 6.32. The predicted octanol–water partition coefficient (Wildman–Crippen LogP) is 0.0927. The van der Waals surface area contributed by atoms with Gasteiger partial charge in [-0.3, -0.25) is 4.79 Å². The summed E-state index contributed by atoms with van der Waals surface area (Å²) in [5.74, 6) is 4.62. The van der Waals surface area contributed by atoms with Crippen LogP contribution in [-0.2, 0) is 9.53 Å². The van der Waals surface area contributed by atoms with E-state index in [1.54, 1.807) is 6.08 Å². The minimum atomic E-state index is -0.128. The number of Topliss-reactive ketones (excluding diaryl/α,β-unsaturated/α-hetero) is 1. The van der Waals surface area contributed by atoms with Gasteiger partial charge in [-0.15, -0.1) is 6.58 Å². The minimum Gasteiger partial charge on any atom is -0.377 e. The first kappa shape index (κ1) is 9.84. The summed E-state index contributed by atoms with van der Waals surface area (Å²) in [4.78, 5) is 10.7. The van der Waals surface area contributed by atoms with Crippen LogP contribution < -0.4 is 5.84 Å². The highest BCUT2D eigenvalue weighted by atomic mass is 16.5. The van der Waals surface area contributed by atoms with E-state index in [0.29, 0.717) is 19.6 Å². The summed E-state index contributed by atoms with van der Waals surface area (Å²) in [5.41, 5.74) is 0. The van der Waals surface area contributed by atoms with Gasteiger partial charge in [0.25, 0.3) is 0 Å². The first-order valence-electron chi connectivity index (χ1n) is 3.26. The van der Waals surface area contributed by atoms with E-state index in [1.807, 2.05) is 0 Å². The van der Waals surface area contributed by atoms with Gasteiger partial charge in [0.2, 0.25) is 0 Å². The molecule has 62 valence electrons. The lowest BCUT2D eigenvalue weighted by atomic mass is 10.3. The first-order valence-corrected chi connectivity index (χ1v) is 3.26. The van der Waals surface area contributed by atoms with Crippen molar-refractivity contribution in [3.8, 4) is 0 Å². The molecule has 2 N–H and O–H groups in total. The molecule has 0 saturated heterocycles. The van der Waals surface area contributed by atoms with Crippen LogP contribution in [-0.4, -0.2) is 25.2 Å². The van der Waals surface area contributed by atoms with Crippen molar-refractivity contribution in [2.24, 2.45) is 10.9 Å². The fourth-order valence-corrected chi connectivity index (χ4v) is 0.487. The van der Waals surface area contributed by atoms with Crippen molar-refractivity contribution in [1.82, 2.24) is 0 Å². The van der Waals surface area contributed by atoms with E-state index in [0.717, 1.165) is 6.21 Å². The van der Waals surface area contributed by atoms with E-state index in [4.69, 9.17) is 10.6 Å². The Kier molecular flexibility index (Phi) is 6.22. The van der Waals surface area contributed by atoms with Crippen molar-refractivity contribution in [2.45, 2.75) is 6.42 Å². The Bertz CT molecular complexity index is 155. The van der Waals surface area contributed by atoms with Gasteiger partial charge < -0.3 is 10.6 Å². The molecule has 0 saturated carbocycles. The molecule has 0 aromatic heterocycles. The molecule has 4 nitrogen and oxygen atoms in total. The highest BCUT2D eigenvalue weighted by molar-refractivity contribution is 6.27. The molecule has 0 aliphatic carbocycles. The van der Waals surface area contributed by atoms with Gasteiger partial charge in [0.15, 0.2) is 5.78 Å². The molecule has 0 heterocycles.